The van der Waals surface area contributed by atoms with Crippen LogP contribution in [0.3, 0.4) is 0 Å². The highest BCUT2D eigenvalue weighted by Crippen LogP contribution is 2.47. The van der Waals surface area contributed by atoms with Gasteiger partial charge in [0.15, 0.2) is 0 Å². The maximum atomic E-state index is 11.0. The first-order valence-corrected chi connectivity index (χ1v) is 9.13. The second-order valence-electron chi connectivity index (χ2n) is 6.86. The molecule has 5 atom stereocenters. The van der Waals surface area contributed by atoms with E-state index in [1.54, 1.807) is 0 Å². The second kappa shape index (κ2) is 6.10. The first kappa shape index (κ1) is 15.3. The van der Waals surface area contributed by atoms with Gasteiger partial charge in [-0.25, -0.2) is 0 Å². The summed E-state index contributed by atoms with van der Waals surface area (Å²) in [4.78, 5) is 0. The molecule has 0 saturated heterocycles. The highest BCUT2D eigenvalue weighted by atomic mass is 32.2. The summed E-state index contributed by atoms with van der Waals surface area (Å²) in [6, 6.07) is 0. The summed E-state index contributed by atoms with van der Waals surface area (Å²) in [7, 11) is -3.90. The molecule has 0 amide bonds. The Morgan fingerprint density at radius 1 is 1.26 bits per heavy atom. The number of rotatable bonds is 5. The number of fused-ring (bicyclic) bond motifs is 2. The molecule has 0 spiro atoms. The molecule has 3 N–H and O–H groups in total. The average Bonchev–Trinajstić information content (AvgIpc) is 2.29. The molecule has 2 aliphatic rings. The molecule has 2 saturated carbocycles. The lowest BCUT2D eigenvalue weighted by Gasteiger charge is -2.43. The second-order valence-corrected chi connectivity index (χ2v) is 8.36. The Bertz CT molecular complexity index is 393. The number of hydrogen-bond donors (Lipinski definition) is 2. The summed E-state index contributed by atoms with van der Waals surface area (Å²) >= 11 is 0. The molecule has 112 valence electrons. The van der Waals surface area contributed by atoms with Gasteiger partial charge in [0.25, 0.3) is 10.1 Å². The van der Waals surface area contributed by atoms with Crippen molar-refractivity contribution in [2.24, 2.45) is 35.3 Å². The van der Waals surface area contributed by atoms with Crippen molar-refractivity contribution in [3.8, 4) is 0 Å². The molecule has 0 aromatic carbocycles. The van der Waals surface area contributed by atoms with Gasteiger partial charge in [0, 0.05) is 0 Å². The Labute approximate surface area is 116 Å². The normalized spacial score (nSPS) is 37.0. The van der Waals surface area contributed by atoms with Crippen LogP contribution < -0.4 is 5.73 Å². The first-order chi connectivity index (χ1) is 8.87. The van der Waals surface area contributed by atoms with E-state index in [-0.39, 0.29) is 11.7 Å². The minimum Gasteiger partial charge on any atom is -0.330 e. The van der Waals surface area contributed by atoms with Gasteiger partial charge in [-0.05, 0) is 68.2 Å². The highest BCUT2D eigenvalue weighted by molar-refractivity contribution is 7.85. The van der Waals surface area contributed by atoms with Gasteiger partial charge < -0.3 is 5.73 Å². The Balaban J connectivity index is 1.94. The van der Waals surface area contributed by atoms with E-state index >= 15 is 0 Å². The van der Waals surface area contributed by atoms with E-state index in [2.05, 4.69) is 6.92 Å². The largest absolute Gasteiger partial charge is 0.330 e. The van der Waals surface area contributed by atoms with Crippen molar-refractivity contribution in [2.75, 3.05) is 12.3 Å². The van der Waals surface area contributed by atoms with Crippen LogP contribution in [0.2, 0.25) is 0 Å². The zero-order valence-corrected chi connectivity index (χ0v) is 12.6. The lowest BCUT2D eigenvalue weighted by molar-refractivity contribution is 0.0769. The number of nitrogens with two attached hydrogens (primary N) is 1. The summed E-state index contributed by atoms with van der Waals surface area (Å²) in [6.45, 7) is 2.68. The molecule has 2 rings (SSSR count). The molecule has 0 aliphatic heterocycles. The van der Waals surface area contributed by atoms with E-state index in [4.69, 9.17) is 10.3 Å². The minimum absolute atomic E-state index is 0.0891. The summed E-state index contributed by atoms with van der Waals surface area (Å²) in [6.07, 6.45) is 7.33. The van der Waals surface area contributed by atoms with Crippen molar-refractivity contribution in [3.63, 3.8) is 0 Å². The van der Waals surface area contributed by atoms with Gasteiger partial charge in [0.2, 0.25) is 0 Å². The highest BCUT2D eigenvalue weighted by Gasteiger charge is 2.37. The smallest absolute Gasteiger partial charge is 0.265 e. The predicted octanol–water partition coefficient (Wildman–Crippen LogP) is 2.30. The lowest BCUT2D eigenvalue weighted by atomic mass is 9.62. The summed E-state index contributed by atoms with van der Waals surface area (Å²) in [5.41, 5.74) is 5.68. The molecular weight excluding hydrogens is 262 g/mol. The van der Waals surface area contributed by atoms with Crippen LogP contribution in [-0.2, 0) is 10.1 Å². The third kappa shape index (κ3) is 4.43. The van der Waals surface area contributed by atoms with Crippen LogP contribution in [0.15, 0.2) is 0 Å². The van der Waals surface area contributed by atoms with E-state index in [1.807, 2.05) is 0 Å². The van der Waals surface area contributed by atoms with Crippen molar-refractivity contribution >= 4 is 10.1 Å². The zero-order valence-electron chi connectivity index (χ0n) is 11.8. The first-order valence-electron chi connectivity index (χ1n) is 7.52. The van der Waals surface area contributed by atoms with E-state index in [9.17, 15) is 8.42 Å². The summed E-state index contributed by atoms with van der Waals surface area (Å²) in [5, 5.41) is 0. The standard InChI is InChI=1S/C14H27NO3S/c1-10-4-11-2-3-13(14(5-10)6-11)7-12(8-15)9-19(16,17)18/h10-14H,2-9,15H2,1H3,(H,16,17,18). The lowest BCUT2D eigenvalue weighted by Crippen LogP contribution is -2.35. The van der Waals surface area contributed by atoms with Crippen LogP contribution in [0.5, 0.6) is 0 Å². The third-order valence-corrected chi connectivity index (χ3v) is 6.00. The molecule has 4 nitrogen and oxygen atoms in total. The van der Waals surface area contributed by atoms with Gasteiger partial charge in [-0.1, -0.05) is 13.3 Å². The third-order valence-electron chi connectivity index (χ3n) is 5.11. The molecule has 0 aromatic heterocycles. The van der Waals surface area contributed by atoms with Crippen LogP contribution in [-0.4, -0.2) is 25.3 Å². The fraction of sp³-hybridized carbons (Fsp3) is 1.00. The Morgan fingerprint density at radius 3 is 2.63 bits per heavy atom. The predicted molar refractivity (Wildman–Crippen MR) is 76.3 cm³/mol. The van der Waals surface area contributed by atoms with Crippen molar-refractivity contribution < 1.29 is 13.0 Å². The quantitative estimate of drug-likeness (QED) is 0.761. The van der Waals surface area contributed by atoms with Gasteiger partial charge in [0.05, 0.1) is 5.75 Å². The van der Waals surface area contributed by atoms with E-state index < -0.39 is 10.1 Å². The average molecular weight is 289 g/mol. The van der Waals surface area contributed by atoms with Crippen molar-refractivity contribution in [1.82, 2.24) is 0 Å². The van der Waals surface area contributed by atoms with E-state index in [0.29, 0.717) is 12.5 Å². The molecular formula is C14H27NO3S. The van der Waals surface area contributed by atoms with Gasteiger partial charge in [-0.15, -0.1) is 0 Å². The fourth-order valence-corrected chi connectivity index (χ4v) is 5.25. The molecule has 2 aliphatic carbocycles. The molecule has 2 bridgehead atoms. The minimum atomic E-state index is -3.90. The van der Waals surface area contributed by atoms with Crippen molar-refractivity contribution in [1.29, 1.82) is 0 Å². The Kier molecular flexibility index (Phi) is 4.90. The molecule has 2 fully saturated rings. The summed E-state index contributed by atoms with van der Waals surface area (Å²) in [5.74, 6) is 2.79. The van der Waals surface area contributed by atoms with Crippen LogP contribution in [0.4, 0.5) is 0 Å². The molecule has 0 radical (unpaired) electrons. The molecule has 5 unspecified atom stereocenters. The van der Waals surface area contributed by atoms with Crippen LogP contribution in [0, 0.1) is 29.6 Å². The molecule has 0 aromatic rings. The van der Waals surface area contributed by atoms with Crippen molar-refractivity contribution in [2.45, 2.75) is 45.4 Å². The van der Waals surface area contributed by atoms with Gasteiger partial charge >= 0.3 is 0 Å². The summed E-state index contributed by atoms with van der Waals surface area (Å²) < 4.78 is 31.0. The Hall–Kier alpha value is -0.130. The SMILES string of the molecule is CC1CC2CCC(CC(CN)CS(=O)(=O)O)C(C1)C2. The molecule has 19 heavy (non-hydrogen) atoms. The maximum absolute atomic E-state index is 11.0. The maximum Gasteiger partial charge on any atom is 0.265 e. The van der Waals surface area contributed by atoms with E-state index in [0.717, 1.165) is 24.2 Å². The van der Waals surface area contributed by atoms with Crippen LogP contribution in [0.1, 0.15) is 45.4 Å². The topological polar surface area (TPSA) is 80.4 Å². The van der Waals surface area contributed by atoms with Crippen LogP contribution >= 0.6 is 0 Å². The van der Waals surface area contributed by atoms with Crippen molar-refractivity contribution in [3.05, 3.63) is 0 Å². The monoisotopic (exact) mass is 289 g/mol. The van der Waals surface area contributed by atoms with Crippen LogP contribution in [0.25, 0.3) is 0 Å². The van der Waals surface area contributed by atoms with Gasteiger partial charge in [0.1, 0.15) is 0 Å². The van der Waals surface area contributed by atoms with E-state index in [1.165, 1.54) is 32.1 Å². The van der Waals surface area contributed by atoms with Gasteiger partial charge in [-0.2, -0.15) is 8.42 Å². The fourth-order valence-electron chi connectivity index (χ4n) is 4.38. The zero-order chi connectivity index (χ0) is 14.0. The number of hydrogen-bond acceptors (Lipinski definition) is 3. The van der Waals surface area contributed by atoms with Gasteiger partial charge in [-0.3, -0.25) is 4.55 Å². The molecule has 0 heterocycles. The molecule has 5 heteroatoms. The Morgan fingerprint density at radius 2 is 2.00 bits per heavy atom.